The average molecular weight is 510 g/mol. The summed E-state index contributed by atoms with van der Waals surface area (Å²) in [6, 6.07) is 21.8. The SMILES string of the molecule is FCCCN1CC(Cc2ccc(C3=C(c4ccc(Cl)cc4C(F)F)CCCc4ccccc43)cc2)C1. The van der Waals surface area contributed by atoms with Crippen molar-refractivity contribution in [1.82, 2.24) is 4.90 Å². The second-order valence-electron chi connectivity index (χ2n) is 9.97. The van der Waals surface area contributed by atoms with E-state index >= 15 is 0 Å². The number of rotatable bonds is 8. The van der Waals surface area contributed by atoms with Crippen LogP contribution in [0, 0.1) is 5.92 Å². The molecule has 1 fully saturated rings. The number of alkyl halides is 3. The van der Waals surface area contributed by atoms with E-state index < -0.39 is 6.43 Å². The molecule has 1 nitrogen and oxygen atoms in total. The monoisotopic (exact) mass is 509 g/mol. The maximum Gasteiger partial charge on any atom is 0.264 e. The van der Waals surface area contributed by atoms with Gasteiger partial charge >= 0.3 is 0 Å². The molecule has 0 atom stereocenters. The Balaban J connectivity index is 1.50. The van der Waals surface area contributed by atoms with Crippen LogP contribution in [0.25, 0.3) is 11.1 Å². The van der Waals surface area contributed by atoms with Crippen molar-refractivity contribution in [3.63, 3.8) is 0 Å². The molecule has 5 heteroatoms. The van der Waals surface area contributed by atoms with E-state index in [4.69, 9.17) is 11.6 Å². The molecule has 0 amide bonds. The van der Waals surface area contributed by atoms with Crippen molar-refractivity contribution in [2.75, 3.05) is 26.3 Å². The van der Waals surface area contributed by atoms with Crippen LogP contribution < -0.4 is 0 Å². The molecule has 1 heterocycles. The molecule has 0 saturated carbocycles. The van der Waals surface area contributed by atoms with Crippen molar-refractivity contribution < 1.29 is 13.2 Å². The first-order chi connectivity index (χ1) is 17.5. The molecular weight excluding hydrogens is 479 g/mol. The standard InChI is InChI=1S/C31H31ClF3N/c32-25-13-14-27(29(18-25)31(34)35)28-8-3-6-23-5-1-2-7-26(23)30(28)24-11-9-21(10-12-24)17-22-19-36(20-22)16-4-15-33/h1-2,5,7,9-14,18,22,31H,3-4,6,8,15-17,19-20H2. The maximum absolute atomic E-state index is 14.1. The molecule has 1 aliphatic carbocycles. The minimum absolute atomic E-state index is 0.00620. The first-order valence-electron chi connectivity index (χ1n) is 12.8. The quantitative estimate of drug-likeness (QED) is 0.294. The Kier molecular flexibility index (Phi) is 7.83. The van der Waals surface area contributed by atoms with E-state index in [9.17, 15) is 13.2 Å². The highest BCUT2D eigenvalue weighted by molar-refractivity contribution is 6.30. The van der Waals surface area contributed by atoms with E-state index in [0.717, 1.165) is 67.6 Å². The average Bonchev–Trinajstić information content (AvgIpc) is 3.05. The number of halogens is 4. The molecular formula is C31H31ClF3N. The summed E-state index contributed by atoms with van der Waals surface area (Å²) in [6.45, 7) is 2.64. The molecule has 0 aromatic heterocycles. The fourth-order valence-electron chi connectivity index (χ4n) is 5.73. The van der Waals surface area contributed by atoms with E-state index in [2.05, 4.69) is 41.3 Å². The fraction of sp³-hybridized carbons (Fsp3) is 0.355. The van der Waals surface area contributed by atoms with E-state index in [0.29, 0.717) is 22.9 Å². The van der Waals surface area contributed by atoms with E-state index in [1.807, 2.05) is 12.1 Å². The second-order valence-corrected chi connectivity index (χ2v) is 10.4. The summed E-state index contributed by atoms with van der Waals surface area (Å²) in [6.07, 6.45) is 1.56. The smallest absolute Gasteiger partial charge is 0.264 e. The van der Waals surface area contributed by atoms with Gasteiger partial charge in [-0.15, -0.1) is 0 Å². The maximum atomic E-state index is 14.1. The Labute approximate surface area is 216 Å². The van der Waals surface area contributed by atoms with Gasteiger partial charge in [0.05, 0.1) is 6.67 Å². The van der Waals surface area contributed by atoms with Crippen LogP contribution >= 0.6 is 11.6 Å². The van der Waals surface area contributed by atoms with Crippen molar-refractivity contribution in [3.05, 3.63) is 105 Å². The van der Waals surface area contributed by atoms with Crippen LogP contribution in [0.3, 0.4) is 0 Å². The summed E-state index contributed by atoms with van der Waals surface area (Å²) in [5.41, 5.74) is 7.29. The van der Waals surface area contributed by atoms with E-state index in [1.165, 1.54) is 17.2 Å². The van der Waals surface area contributed by atoms with Crippen LogP contribution in [0.4, 0.5) is 13.2 Å². The summed E-state index contributed by atoms with van der Waals surface area (Å²) in [5.74, 6) is 0.603. The van der Waals surface area contributed by atoms with Crippen molar-refractivity contribution >= 4 is 22.7 Å². The Bertz CT molecular complexity index is 1230. The Morgan fingerprint density at radius 3 is 2.44 bits per heavy atom. The van der Waals surface area contributed by atoms with Gasteiger partial charge in [-0.05, 0) is 89.1 Å². The molecule has 1 saturated heterocycles. The molecule has 0 radical (unpaired) electrons. The molecule has 0 bridgehead atoms. The Morgan fingerprint density at radius 2 is 1.69 bits per heavy atom. The molecule has 1 aliphatic heterocycles. The van der Waals surface area contributed by atoms with Crippen LogP contribution in [0.15, 0.2) is 66.7 Å². The van der Waals surface area contributed by atoms with Crippen LogP contribution in [0.5, 0.6) is 0 Å². The minimum atomic E-state index is -2.60. The van der Waals surface area contributed by atoms with Gasteiger partial charge in [-0.2, -0.15) is 0 Å². The summed E-state index contributed by atoms with van der Waals surface area (Å²) < 4.78 is 40.6. The molecule has 2 aliphatic rings. The van der Waals surface area contributed by atoms with Gasteiger partial charge in [0.15, 0.2) is 0 Å². The number of benzene rings is 3. The highest BCUT2D eigenvalue weighted by atomic mass is 35.5. The summed E-state index contributed by atoms with van der Waals surface area (Å²) in [7, 11) is 0. The largest absolute Gasteiger partial charge is 0.303 e. The van der Waals surface area contributed by atoms with Crippen LogP contribution in [-0.2, 0) is 12.8 Å². The molecule has 3 aromatic carbocycles. The number of hydrogen-bond donors (Lipinski definition) is 0. The predicted molar refractivity (Wildman–Crippen MR) is 142 cm³/mol. The molecule has 0 unspecified atom stereocenters. The van der Waals surface area contributed by atoms with Gasteiger partial charge < -0.3 is 4.90 Å². The lowest BCUT2D eigenvalue weighted by Gasteiger charge is -2.39. The molecule has 5 rings (SSSR count). The summed E-state index contributed by atoms with van der Waals surface area (Å²) in [5, 5.41) is 0.328. The Morgan fingerprint density at radius 1 is 0.917 bits per heavy atom. The van der Waals surface area contributed by atoms with Gasteiger partial charge in [-0.25, -0.2) is 8.78 Å². The van der Waals surface area contributed by atoms with Gasteiger partial charge in [-0.3, -0.25) is 4.39 Å². The number of hydrogen-bond acceptors (Lipinski definition) is 1. The van der Waals surface area contributed by atoms with Crippen LogP contribution in [-0.4, -0.2) is 31.2 Å². The van der Waals surface area contributed by atoms with Gasteiger partial charge in [0.1, 0.15) is 0 Å². The van der Waals surface area contributed by atoms with Crippen molar-refractivity contribution in [2.45, 2.75) is 38.5 Å². The molecule has 3 aromatic rings. The third-order valence-corrected chi connectivity index (χ3v) is 7.68. The van der Waals surface area contributed by atoms with Crippen LogP contribution in [0.2, 0.25) is 5.02 Å². The van der Waals surface area contributed by atoms with E-state index in [-0.39, 0.29) is 12.2 Å². The number of nitrogens with zero attached hydrogens (tertiary/aromatic N) is 1. The first-order valence-corrected chi connectivity index (χ1v) is 13.2. The minimum Gasteiger partial charge on any atom is -0.303 e. The number of allylic oxidation sites excluding steroid dienone is 1. The second kappa shape index (κ2) is 11.2. The number of fused-ring (bicyclic) bond motifs is 1. The van der Waals surface area contributed by atoms with Crippen LogP contribution in [0.1, 0.15) is 59.1 Å². The molecule has 188 valence electrons. The zero-order valence-electron chi connectivity index (χ0n) is 20.3. The van der Waals surface area contributed by atoms with Crippen molar-refractivity contribution in [1.29, 1.82) is 0 Å². The normalized spacial score (nSPS) is 16.7. The highest BCUT2D eigenvalue weighted by Crippen LogP contribution is 2.42. The molecule has 36 heavy (non-hydrogen) atoms. The topological polar surface area (TPSA) is 3.24 Å². The molecule has 0 N–H and O–H groups in total. The van der Waals surface area contributed by atoms with E-state index in [1.54, 1.807) is 12.1 Å². The number of likely N-dealkylation sites (tertiary alicyclic amines) is 1. The Hall–Kier alpha value is -2.56. The highest BCUT2D eigenvalue weighted by Gasteiger charge is 2.27. The van der Waals surface area contributed by atoms with Gasteiger partial charge in [-0.1, -0.05) is 66.2 Å². The lowest BCUT2D eigenvalue weighted by Crippen LogP contribution is -2.47. The lowest BCUT2D eigenvalue weighted by atomic mass is 9.85. The van der Waals surface area contributed by atoms with Gasteiger partial charge in [0.2, 0.25) is 0 Å². The lowest BCUT2D eigenvalue weighted by molar-refractivity contribution is 0.0968. The zero-order chi connectivity index (χ0) is 25.1. The third kappa shape index (κ3) is 5.40. The fourth-order valence-corrected chi connectivity index (χ4v) is 5.91. The van der Waals surface area contributed by atoms with Gasteiger partial charge in [0, 0.05) is 30.2 Å². The number of aryl methyl sites for hydroxylation is 1. The predicted octanol–water partition coefficient (Wildman–Crippen LogP) is 8.41. The summed E-state index contributed by atoms with van der Waals surface area (Å²) >= 11 is 6.11. The first kappa shape index (κ1) is 25.1. The van der Waals surface area contributed by atoms with Gasteiger partial charge in [0.25, 0.3) is 6.43 Å². The summed E-state index contributed by atoms with van der Waals surface area (Å²) in [4.78, 5) is 2.31. The third-order valence-electron chi connectivity index (χ3n) is 7.44. The molecule has 0 spiro atoms. The van der Waals surface area contributed by atoms with Crippen molar-refractivity contribution in [2.24, 2.45) is 5.92 Å². The van der Waals surface area contributed by atoms with Crippen molar-refractivity contribution in [3.8, 4) is 0 Å². The zero-order valence-corrected chi connectivity index (χ0v) is 21.1.